The molecule has 0 atom stereocenters. The van der Waals surface area contributed by atoms with Crippen molar-refractivity contribution < 1.29 is 27.8 Å². The summed E-state index contributed by atoms with van der Waals surface area (Å²) in [6, 6.07) is 6.23. The SMILES string of the molecule is C=C(/C(Cl)=C(/c1nc2cc(-c3ccccc3C(F)(F)F)nc(OCC(=O)O)c2[nH]1)N(C)N)C(C)(C)C. The Morgan fingerprint density at radius 1 is 1.25 bits per heavy atom. The van der Waals surface area contributed by atoms with Crippen LogP contribution in [0.25, 0.3) is 28.0 Å². The van der Waals surface area contributed by atoms with Crippen LogP contribution < -0.4 is 10.6 Å². The molecule has 192 valence electrons. The number of carboxylic acid groups (broad SMARTS) is 1. The van der Waals surface area contributed by atoms with Gasteiger partial charge in [-0.1, -0.05) is 57.2 Å². The number of pyridine rings is 1. The summed E-state index contributed by atoms with van der Waals surface area (Å²) in [5.74, 6) is 4.66. The van der Waals surface area contributed by atoms with Gasteiger partial charge in [-0.05, 0) is 23.1 Å². The molecule has 8 nitrogen and oxygen atoms in total. The number of imidazole rings is 1. The van der Waals surface area contributed by atoms with Gasteiger partial charge in [0.05, 0.1) is 21.8 Å². The van der Waals surface area contributed by atoms with E-state index in [9.17, 15) is 18.0 Å². The first-order valence-electron chi connectivity index (χ1n) is 10.6. The number of hydrazine groups is 1. The predicted octanol–water partition coefficient (Wildman–Crippen LogP) is 5.42. The molecule has 0 aliphatic heterocycles. The van der Waals surface area contributed by atoms with E-state index in [1.165, 1.54) is 36.3 Å². The van der Waals surface area contributed by atoms with Crippen LogP contribution in [0.4, 0.5) is 13.2 Å². The van der Waals surface area contributed by atoms with Crippen LogP contribution in [-0.2, 0) is 11.0 Å². The van der Waals surface area contributed by atoms with E-state index >= 15 is 0 Å². The predicted molar refractivity (Wildman–Crippen MR) is 131 cm³/mol. The standard InChI is InChI=1S/C24H25ClF3N5O3/c1-12(23(2,3)4)18(25)20(33(5)29)21-30-16-10-15(13-8-6-7-9-14(13)24(26,27)28)31-22(19(16)32-21)36-11-17(34)35/h6-10H,1,11,29H2,2-5H3,(H,30,32)(H,34,35)/b20-18+. The second-order valence-electron chi connectivity index (χ2n) is 9.02. The lowest BCUT2D eigenvalue weighted by atomic mass is 9.87. The Balaban J connectivity index is 2.29. The number of benzene rings is 1. The van der Waals surface area contributed by atoms with Crippen LogP contribution in [0.1, 0.15) is 32.2 Å². The number of H-pyrrole nitrogens is 1. The first kappa shape index (κ1) is 27.0. The average molecular weight is 524 g/mol. The van der Waals surface area contributed by atoms with Crippen molar-refractivity contribution >= 4 is 34.3 Å². The highest BCUT2D eigenvalue weighted by Crippen LogP contribution is 2.40. The minimum atomic E-state index is -4.65. The molecule has 1 aromatic carbocycles. The number of nitrogens with two attached hydrogens (primary N) is 1. The Morgan fingerprint density at radius 3 is 2.44 bits per heavy atom. The quantitative estimate of drug-likeness (QED) is 0.215. The van der Waals surface area contributed by atoms with E-state index in [-0.39, 0.29) is 44.7 Å². The third-order valence-electron chi connectivity index (χ3n) is 5.24. The van der Waals surface area contributed by atoms with Gasteiger partial charge in [0, 0.05) is 12.6 Å². The number of fused-ring (bicyclic) bond motifs is 1. The molecule has 0 unspecified atom stereocenters. The van der Waals surface area contributed by atoms with E-state index < -0.39 is 29.7 Å². The summed E-state index contributed by atoms with van der Waals surface area (Å²) in [4.78, 5) is 22.7. The van der Waals surface area contributed by atoms with Crippen LogP contribution >= 0.6 is 11.6 Å². The zero-order valence-electron chi connectivity index (χ0n) is 20.0. The molecule has 0 amide bonds. The molecule has 2 aromatic heterocycles. The van der Waals surface area contributed by atoms with Gasteiger partial charge in [0.15, 0.2) is 12.4 Å². The van der Waals surface area contributed by atoms with Crippen molar-refractivity contribution in [2.45, 2.75) is 26.9 Å². The number of allylic oxidation sites excluding steroid dienone is 2. The Labute approximate surface area is 210 Å². The lowest BCUT2D eigenvalue weighted by Crippen LogP contribution is -2.26. The fraction of sp³-hybridized carbons (Fsp3) is 0.292. The Morgan fingerprint density at radius 2 is 1.89 bits per heavy atom. The molecule has 0 fully saturated rings. The van der Waals surface area contributed by atoms with E-state index in [4.69, 9.17) is 27.3 Å². The van der Waals surface area contributed by atoms with Gasteiger partial charge in [-0.2, -0.15) is 13.2 Å². The molecule has 4 N–H and O–H groups in total. The number of halogens is 4. The number of hydrogen-bond acceptors (Lipinski definition) is 6. The molecule has 36 heavy (non-hydrogen) atoms. The number of aliphatic carboxylic acids is 1. The fourth-order valence-corrected chi connectivity index (χ4v) is 3.82. The number of alkyl halides is 3. The number of ether oxygens (including phenoxy) is 1. The van der Waals surface area contributed by atoms with Crippen LogP contribution in [0.5, 0.6) is 5.88 Å². The summed E-state index contributed by atoms with van der Waals surface area (Å²) in [6.45, 7) is 9.00. The summed E-state index contributed by atoms with van der Waals surface area (Å²) in [5, 5.41) is 10.5. The Kier molecular flexibility index (Phi) is 7.37. The van der Waals surface area contributed by atoms with Crippen molar-refractivity contribution in [1.82, 2.24) is 20.0 Å². The van der Waals surface area contributed by atoms with E-state index in [1.54, 1.807) is 0 Å². The summed E-state index contributed by atoms with van der Waals surface area (Å²) >= 11 is 6.63. The summed E-state index contributed by atoms with van der Waals surface area (Å²) in [6.07, 6.45) is -4.65. The zero-order chi connectivity index (χ0) is 27.0. The van der Waals surface area contributed by atoms with Gasteiger partial charge in [-0.15, -0.1) is 0 Å². The lowest BCUT2D eigenvalue weighted by molar-refractivity contribution is -0.139. The number of carbonyl (C=O) groups is 1. The van der Waals surface area contributed by atoms with Crippen molar-refractivity contribution in [3.05, 3.63) is 58.9 Å². The van der Waals surface area contributed by atoms with Gasteiger partial charge in [0.1, 0.15) is 11.2 Å². The van der Waals surface area contributed by atoms with Crippen molar-refractivity contribution in [2.75, 3.05) is 13.7 Å². The van der Waals surface area contributed by atoms with Crippen LogP contribution in [0.3, 0.4) is 0 Å². The molecular formula is C24H25ClF3N5O3. The molecule has 3 aromatic rings. The van der Waals surface area contributed by atoms with Crippen LogP contribution in [0.2, 0.25) is 0 Å². The van der Waals surface area contributed by atoms with Crippen LogP contribution in [-0.4, -0.2) is 44.7 Å². The van der Waals surface area contributed by atoms with Crippen molar-refractivity contribution in [2.24, 2.45) is 11.3 Å². The third-order valence-corrected chi connectivity index (χ3v) is 5.64. The van der Waals surface area contributed by atoms with Gasteiger partial charge >= 0.3 is 12.1 Å². The minimum Gasteiger partial charge on any atom is -0.479 e. The fourth-order valence-electron chi connectivity index (χ4n) is 3.32. The maximum absolute atomic E-state index is 13.7. The highest BCUT2D eigenvalue weighted by Gasteiger charge is 2.34. The van der Waals surface area contributed by atoms with Gasteiger partial charge in [-0.3, -0.25) is 0 Å². The van der Waals surface area contributed by atoms with Crippen molar-refractivity contribution in [1.29, 1.82) is 0 Å². The maximum Gasteiger partial charge on any atom is 0.417 e. The molecule has 0 aliphatic rings. The largest absolute Gasteiger partial charge is 0.479 e. The molecule has 0 aliphatic carbocycles. The first-order chi connectivity index (χ1) is 16.6. The summed E-state index contributed by atoms with van der Waals surface area (Å²) in [5.41, 5.74) is -0.499. The Bertz CT molecular complexity index is 1360. The zero-order valence-corrected chi connectivity index (χ0v) is 20.8. The van der Waals surface area contributed by atoms with E-state index in [1.807, 2.05) is 20.8 Å². The van der Waals surface area contributed by atoms with Crippen molar-refractivity contribution in [3.8, 4) is 17.1 Å². The van der Waals surface area contributed by atoms with E-state index in [2.05, 4.69) is 21.5 Å². The molecule has 0 saturated carbocycles. The molecule has 0 saturated heterocycles. The molecule has 0 spiro atoms. The van der Waals surface area contributed by atoms with Gasteiger partial charge in [0.2, 0.25) is 5.88 Å². The number of nitrogens with zero attached hydrogens (tertiary/aromatic N) is 3. The summed E-state index contributed by atoms with van der Waals surface area (Å²) in [7, 11) is 1.53. The number of hydrogen-bond donors (Lipinski definition) is 3. The molecule has 3 rings (SSSR count). The second-order valence-corrected chi connectivity index (χ2v) is 9.40. The van der Waals surface area contributed by atoms with Gasteiger partial charge in [-0.25, -0.2) is 20.6 Å². The molecule has 12 heteroatoms. The normalized spacial score (nSPS) is 12.9. The highest BCUT2D eigenvalue weighted by molar-refractivity contribution is 6.35. The Hall–Kier alpha value is -3.57. The smallest absolute Gasteiger partial charge is 0.417 e. The van der Waals surface area contributed by atoms with Crippen LogP contribution in [0.15, 0.2) is 47.5 Å². The highest BCUT2D eigenvalue weighted by atomic mass is 35.5. The van der Waals surface area contributed by atoms with Gasteiger partial charge < -0.3 is 19.8 Å². The maximum atomic E-state index is 13.7. The molecule has 0 bridgehead atoms. The average Bonchev–Trinajstić information content (AvgIpc) is 3.18. The van der Waals surface area contributed by atoms with E-state index in [0.29, 0.717) is 5.57 Å². The second kappa shape index (κ2) is 9.82. The number of nitrogens with one attached hydrogen (secondary N) is 1. The minimum absolute atomic E-state index is 0.106. The van der Waals surface area contributed by atoms with Crippen molar-refractivity contribution in [3.63, 3.8) is 0 Å². The lowest BCUT2D eigenvalue weighted by Gasteiger charge is -2.25. The molecular weight excluding hydrogens is 499 g/mol. The number of aromatic amines is 1. The molecule has 0 radical (unpaired) electrons. The third kappa shape index (κ3) is 5.63. The topological polar surface area (TPSA) is 117 Å². The number of carboxylic acids is 1. The number of rotatable bonds is 7. The molecule has 2 heterocycles. The van der Waals surface area contributed by atoms with Gasteiger partial charge in [0.25, 0.3) is 0 Å². The van der Waals surface area contributed by atoms with E-state index in [0.717, 1.165) is 6.07 Å². The number of aromatic nitrogens is 3. The first-order valence-corrected chi connectivity index (χ1v) is 11.0. The van der Waals surface area contributed by atoms with Crippen LogP contribution in [0, 0.1) is 5.41 Å². The summed E-state index contributed by atoms with van der Waals surface area (Å²) < 4.78 is 46.3. The monoisotopic (exact) mass is 523 g/mol.